The van der Waals surface area contributed by atoms with E-state index in [-0.39, 0.29) is 28.7 Å². The van der Waals surface area contributed by atoms with Crippen molar-refractivity contribution in [2.24, 2.45) is 0 Å². The van der Waals surface area contributed by atoms with E-state index in [1.54, 1.807) is 30.3 Å². The Balaban J connectivity index is 1.44. The highest BCUT2D eigenvalue weighted by Gasteiger charge is 2.22. The van der Waals surface area contributed by atoms with Crippen molar-refractivity contribution in [2.45, 2.75) is 17.9 Å². The van der Waals surface area contributed by atoms with Crippen molar-refractivity contribution in [1.29, 1.82) is 0 Å². The molecule has 10 heteroatoms. The molecule has 2 N–H and O–H groups in total. The van der Waals surface area contributed by atoms with Crippen LogP contribution >= 0.6 is 0 Å². The van der Waals surface area contributed by atoms with Crippen LogP contribution in [0, 0.1) is 0 Å². The molecule has 1 aliphatic rings. The summed E-state index contributed by atoms with van der Waals surface area (Å²) in [7, 11) is -3.90. The number of benzene rings is 3. The van der Waals surface area contributed by atoms with E-state index >= 15 is 0 Å². The molecule has 0 bridgehead atoms. The van der Waals surface area contributed by atoms with Gasteiger partial charge in [0.1, 0.15) is 5.82 Å². The number of para-hydroxylation sites is 2. The smallest absolute Gasteiger partial charge is 0.320 e. The molecule has 1 amide bonds. The molecule has 0 saturated heterocycles. The fraction of sp³-hybridized carbons (Fsp3) is 0.0909. The number of carbonyl (C=O) groups is 1. The highest BCUT2D eigenvalue weighted by atomic mass is 32.2. The van der Waals surface area contributed by atoms with E-state index < -0.39 is 16.6 Å². The van der Waals surface area contributed by atoms with E-state index in [9.17, 15) is 22.0 Å². The number of alkyl halides is 2. The average Bonchev–Trinajstić information content (AvgIpc) is 3.33. The third-order valence-corrected chi connectivity index (χ3v) is 6.58. The number of aromatic nitrogens is 2. The number of amides is 1. The van der Waals surface area contributed by atoms with Gasteiger partial charge in [-0.25, -0.2) is 13.4 Å². The topological polar surface area (TPSA) is 93.1 Å². The Morgan fingerprint density at radius 1 is 1.03 bits per heavy atom. The SMILES string of the molecule is O=C1Cc2cc(S(=O)(=O)Nc3ccc(-c4nc5ccccc5n4C(F)F)cc3)ccc2N1. The number of anilines is 2. The van der Waals surface area contributed by atoms with Crippen molar-refractivity contribution in [3.63, 3.8) is 0 Å². The van der Waals surface area contributed by atoms with Crippen molar-refractivity contribution in [3.8, 4) is 11.4 Å². The van der Waals surface area contributed by atoms with E-state index in [1.165, 1.54) is 36.4 Å². The Labute approximate surface area is 181 Å². The Morgan fingerprint density at radius 3 is 2.53 bits per heavy atom. The van der Waals surface area contributed by atoms with Gasteiger partial charge in [0.05, 0.1) is 22.3 Å². The molecule has 0 radical (unpaired) electrons. The van der Waals surface area contributed by atoms with Gasteiger partial charge in [0.2, 0.25) is 5.91 Å². The zero-order chi connectivity index (χ0) is 22.5. The molecule has 1 aromatic heterocycles. The highest BCUT2D eigenvalue weighted by Crippen LogP contribution is 2.31. The largest absolute Gasteiger partial charge is 0.326 e. The molecule has 4 aromatic rings. The molecular formula is C22H16F2N4O3S. The highest BCUT2D eigenvalue weighted by molar-refractivity contribution is 7.92. The third kappa shape index (κ3) is 3.48. The van der Waals surface area contributed by atoms with Crippen molar-refractivity contribution >= 4 is 38.3 Å². The van der Waals surface area contributed by atoms with Crippen LogP contribution in [0.4, 0.5) is 20.2 Å². The first-order valence-corrected chi connectivity index (χ1v) is 11.1. The van der Waals surface area contributed by atoms with Crippen LogP contribution in [0.5, 0.6) is 0 Å². The van der Waals surface area contributed by atoms with Crippen LogP contribution in [0.2, 0.25) is 0 Å². The monoisotopic (exact) mass is 454 g/mol. The van der Waals surface area contributed by atoms with Gasteiger partial charge >= 0.3 is 6.55 Å². The minimum Gasteiger partial charge on any atom is -0.326 e. The van der Waals surface area contributed by atoms with E-state index in [0.29, 0.717) is 27.8 Å². The van der Waals surface area contributed by atoms with Gasteiger partial charge in [-0.3, -0.25) is 14.1 Å². The van der Waals surface area contributed by atoms with Gasteiger partial charge in [-0.05, 0) is 60.2 Å². The fourth-order valence-corrected chi connectivity index (χ4v) is 4.83. The Kier molecular flexibility index (Phi) is 4.66. The predicted molar refractivity (Wildman–Crippen MR) is 116 cm³/mol. The summed E-state index contributed by atoms with van der Waals surface area (Å²) in [6, 6.07) is 17.1. The van der Waals surface area contributed by atoms with Gasteiger partial charge < -0.3 is 5.32 Å². The van der Waals surface area contributed by atoms with Crippen LogP contribution in [0.25, 0.3) is 22.4 Å². The number of imidazole rings is 1. The average molecular weight is 454 g/mol. The summed E-state index contributed by atoms with van der Waals surface area (Å²) < 4.78 is 56.2. The lowest BCUT2D eigenvalue weighted by Gasteiger charge is -2.11. The standard InChI is InChI=1S/C22H16F2N4O3S/c23-22(24)28-19-4-2-1-3-18(19)26-21(28)13-5-7-15(8-6-13)27-32(30,31)16-9-10-17-14(11-16)12-20(29)25-17/h1-11,22,27H,12H2,(H,25,29). The molecule has 0 spiro atoms. The van der Waals surface area contributed by atoms with Crippen molar-refractivity contribution < 1.29 is 22.0 Å². The molecule has 0 saturated carbocycles. The Bertz CT molecular complexity index is 1460. The van der Waals surface area contributed by atoms with Crippen molar-refractivity contribution in [2.75, 3.05) is 10.0 Å². The van der Waals surface area contributed by atoms with E-state index in [4.69, 9.17) is 0 Å². The summed E-state index contributed by atoms with van der Waals surface area (Å²) >= 11 is 0. The second-order valence-corrected chi connectivity index (χ2v) is 8.98. The minimum absolute atomic E-state index is 0.0244. The first kappa shape index (κ1) is 20.1. The number of carbonyl (C=O) groups excluding carboxylic acids is 1. The number of nitrogens with one attached hydrogen (secondary N) is 2. The number of nitrogens with zero attached hydrogens (tertiary/aromatic N) is 2. The lowest BCUT2D eigenvalue weighted by molar-refractivity contribution is -0.115. The molecule has 1 aliphatic heterocycles. The van der Waals surface area contributed by atoms with Crippen LogP contribution in [0.1, 0.15) is 12.1 Å². The summed E-state index contributed by atoms with van der Waals surface area (Å²) in [6.45, 7) is -2.78. The molecule has 0 fully saturated rings. The molecule has 32 heavy (non-hydrogen) atoms. The molecule has 162 valence electrons. The predicted octanol–water partition coefficient (Wildman–Crippen LogP) is 4.39. The molecule has 7 nitrogen and oxygen atoms in total. The van der Waals surface area contributed by atoms with E-state index in [2.05, 4.69) is 15.0 Å². The summed E-state index contributed by atoms with van der Waals surface area (Å²) in [5.41, 5.74) is 2.65. The van der Waals surface area contributed by atoms with Crippen molar-refractivity contribution in [3.05, 3.63) is 72.3 Å². The number of sulfonamides is 1. The molecular weight excluding hydrogens is 438 g/mol. The second kappa shape index (κ2) is 7.41. The number of hydrogen-bond acceptors (Lipinski definition) is 4. The maximum Gasteiger partial charge on any atom is 0.320 e. The first-order valence-electron chi connectivity index (χ1n) is 9.63. The molecule has 0 unspecified atom stereocenters. The quantitative estimate of drug-likeness (QED) is 0.468. The Morgan fingerprint density at radius 2 is 1.78 bits per heavy atom. The minimum atomic E-state index is -3.90. The molecule has 0 atom stereocenters. The van der Waals surface area contributed by atoms with Crippen molar-refractivity contribution in [1.82, 2.24) is 9.55 Å². The van der Waals surface area contributed by atoms with Gasteiger partial charge in [-0.1, -0.05) is 12.1 Å². The van der Waals surface area contributed by atoms with Gasteiger partial charge in [-0.2, -0.15) is 8.78 Å². The van der Waals surface area contributed by atoms with Crippen LogP contribution in [0.3, 0.4) is 0 Å². The molecule has 0 aliphatic carbocycles. The first-order chi connectivity index (χ1) is 15.3. The number of halogens is 2. The molecule has 3 aromatic carbocycles. The van der Waals surface area contributed by atoms with Crippen LogP contribution < -0.4 is 10.0 Å². The zero-order valence-corrected chi connectivity index (χ0v) is 17.2. The molecule has 2 heterocycles. The Hall–Kier alpha value is -3.79. The third-order valence-electron chi connectivity index (χ3n) is 5.20. The summed E-state index contributed by atoms with van der Waals surface area (Å²) in [4.78, 5) is 15.8. The van der Waals surface area contributed by atoms with E-state index in [1.807, 2.05) is 0 Å². The van der Waals surface area contributed by atoms with Gasteiger partial charge in [-0.15, -0.1) is 0 Å². The van der Waals surface area contributed by atoms with Crippen LogP contribution in [-0.2, 0) is 21.2 Å². The summed E-state index contributed by atoms with van der Waals surface area (Å²) in [5, 5.41) is 2.65. The number of hydrogen-bond donors (Lipinski definition) is 2. The van der Waals surface area contributed by atoms with Crippen LogP contribution in [-0.4, -0.2) is 23.9 Å². The van der Waals surface area contributed by atoms with Gasteiger partial charge in [0, 0.05) is 16.9 Å². The second-order valence-electron chi connectivity index (χ2n) is 7.30. The maximum absolute atomic E-state index is 13.7. The normalized spacial score (nSPS) is 13.4. The lowest BCUT2D eigenvalue weighted by Crippen LogP contribution is -2.13. The lowest BCUT2D eigenvalue weighted by atomic mass is 10.2. The van der Waals surface area contributed by atoms with Crippen LogP contribution in [0.15, 0.2) is 71.6 Å². The van der Waals surface area contributed by atoms with Gasteiger partial charge in [0.15, 0.2) is 0 Å². The van der Waals surface area contributed by atoms with E-state index in [0.717, 1.165) is 4.57 Å². The maximum atomic E-state index is 13.7. The summed E-state index contributed by atoms with van der Waals surface area (Å²) in [5.74, 6) is -0.0979. The van der Waals surface area contributed by atoms with Gasteiger partial charge in [0.25, 0.3) is 10.0 Å². The number of rotatable bonds is 5. The summed E-state index contributed by atoms with van der Waals surface area (Å²) in [6.07, 6.45) is 0.124. The molecule has 5 rings (SSSR count). The zero-order valence-electron chi connectivity index (χ0n) is 16.4. The number of fused-ring (bicyclic) bond motifs is 2. The fourth-order valence-electron chi connectivity index (χ4n) is 3.72.